The second kappa shape index (κ2) is 4.28. The summed E-state index contributed by atoms with van der Waals surface area (Å²) >= 11 is 0. The molecule has 0 heterocycles. The predicted octanol–water partition coefficient (Wildman–Crippen LogP) is 2.86. The summed E-state index contributed by atoms with van der Waals surface area (Å²) < 4.78 is 0. The lowest BCUT2D eigenvalue weighted by molar-refractivity contribution is 0.202. The smallest absolute Gasteiger partial charge is 0.00699 e. The summed E-state index contributed by atoms with van der Waals surface area (Å²) in [7, 11) is 0. The van der Waals surface area contributed by atoms with Crippen molar-refractivity contribution in [2.24, 2.45) is 17.6 Å². The van der Waals surface area contributed by atoms with E-state index in [1.165, 1.54) is 44.9 Å². The number of nitrogens with two attached hydrogens (primary N) is 1. The van der Waals surface area contributed by atoms with Gasteiger partial charge in [0.05, 0.1) is 0 Å². The summed E-state index contributed by atoms with van der Waals surface area (Å²) in [5.74, 6) is 1.74. The van der Waals surface area contributed by atoms with Crippen molar-refractivity contribution < 1.29 is 0 Å². The Morgan fingerprint density at radius 2 is 1.85 bits per heavy atom. The summed E-state index contributed by atoms with van der Waals surface area (Å²) in [4.78, 5) is 0. The van der Waals surface area contributed by atoms with Gasteiger partial charge >= 0.3 is 0 Å². The van der Waals surface area contributed by atoms with E-state index in [2.05, 4.69) is 12.2 Å². The molecule has 3 atom stereocenters. The van der Waals surface area contributed by atoms with E-state index in [9.17, 15) is 0 Å². The molecule has 2 rings (SSSR count). The normalized spacial score (nSPS) is 40.5. The topological polar surface area (TPSA) is 26.0 Å². The van der Waals surface area contributed by atoms with Crippen molar-refractivity contribution in [2.75, 3.05) is 0 Å². The zero-order valence-electron chi connectivity index (χ0n) is 8.41. The van der Waals surface area contributed by atoms with Crippen LogP contribution in [0.15, 0.2) is 12.2 Å². The average Bonchev–Trinajstić information content (AvgIpc) is 2.20. The van der Waals surface area contributed by atoms with E-state index in [-0.39, 0.29) is 0 Å². The zero-order valence-corrected chi connectivity index (χ0v) is 8.41. The third-order valence-corrected chi connectivity index (χ3v) is 3.79. The van der Waals surface area contributed by atoms with E-state index in [4.69, 9.17) is 5.73 Å². The van der Waals surface area contributed by atoms with Crippen LogP contribution < -0.4 is 5.73 Å². The van der Waals surface area contributed by atoms with Gasteiger partial charge in [0.25, 0.3) is 0 Å². The molecule has 0 aromatic heterocycles. The monoisotopic (exact) mass is 179 g/mol. The summed E-state index contributed by atoms with van der Waals surface area (Å²) in [5.41, 5.74) is 6.19. The standard InChI is InChI=1S/C12H21N/c13-12-9-5-4-8-11(12)10-6-2-1-3-7-10/h1-2,10-12H,3-9,13H2. The van der Waals surface area contributed by atoms with Crippen LogP contribution in [0.4, 0.5) is 0 Å². The molecule has 1 fully saturated rings. The Labute approximate surface area is 81.4 Å². The molecule has 0 saturated heterocycles. The molecule has 13 heavy (non-hydrogen) atoms. The Morgan fingerprint density at radius 3 is 2.54 bits per heavy atom. The molecule has 0 bridgehead atoms. The molecule has 0 aliphatic heterocycles. The number of allylic oxidation sites excluding steroid dienone is 2. The molecule has 0 amide bonds. The summed E-state index contributed by atoms with van der Waals surface area (Å²) in [6.45, 7) is 0. The molecular formula is C12H21N. The molecule has 2 aliphatic carbocycles. The number of rotatable bonds is 1. The first-order chi connectivity index (χ1) is 6.38. The Morgan fingerprint density at radius 1 is 1.00 bits per heavy atom. The van der Waals surface area contributed by atoms with E-state index >= 15 is 0 Å². The molecule has 1 heteroatoms. The van der Waals surface area contributed by atoms with E-state index < -0.39 is 0 Å². The van der Waals surface area contributed by atoms with E-state index in [1.54, 1.807) is 0 Å². The van der Waals surface area contributed by atoms with Gasteiger partial charge in [0.2, 0.25) is 0 Å². The Hall–Kier alpha value is -0.300. The third kappa shape index (κ3) is 2.14. The lowest BCUT2D eigenvalue weighted by atomic mass is 9.73. The minimum Gasteiger partial charge on any atom is -0.327 e. The average molecular weight is 179 g/mol. The SMILES string of the molecule is NC1CCCCC1C1CC=CCC1. The van der Waals surface area contributed by atoms with Crippen molar-refractivity contribution in [1.82, 2.24) is 0 Å². The number of hydrogen-bond acceptors (Lipinski definition) is 1. The van der Waals surface area contributed by atoms with Crippen molar-refractivity contribution in [2.45, 2.75) is 51.0 Å². The Kier molecular flexibility index (Phi) is 3.05. The summed E-state index contributed by atoms with van der Waals surface area (Å²) in [6, 6.07) is 0.505. The van der Waals surface area contributed by atoms with Gasteiger partial charge in [-0.05, 0) is 43.9 Å². The molecule has 0 aromatic rings. The van der Waals surface area contributed by atoms with Crippen molar-refractivity contribution in [3.05, 3.63) is 12.2 Å². The molecule has 3 unspecified atom stereocenters. The highest BCUT2D eigenvalue weighted by molar-refractivity contribution is 4.94. The lowest BCUT2D eigenvalue weighted by Crippen LogP contribution is -2.37. The largest absolute Gasteiger partial charge is 0.327 e. The molecule has 1 saturated carbocycles. The molecule has 0 radical (unpaired) electrons. The maximum atomic E-state index is 6.19. The van der Waals surface area contributed by atoms with Crippen LogP contribution >= 0.6 is 0 Å². The first kappa shape index (κ1) is 9.26. The van der Waals surface area contributed by atoms with Crippen LogP contribution in [-0.2, 0) is 0 Å². The van der Waals surface area contributed by atoms with Crippen molar-refractivity contribution in [1.29, 1.82) is 0 Å². The van der Waals surface area contributed by atoms with Crippen molar-refractivity contribution in [3.8, 4) is 0 Å². The van der Waals surface area contributed by atoms with Crippen molar-refractivity contribution >= 4 is 0 Å². The summed E-state index contributed by atoms with van der Waals surface area (Å²) in [5, 5.41) is 0. The fourth-order valence-electron chi connectivity index (χ4n) is 2.98. The van der Waals surface area contributed by atoms with Gasteiger partial charge in [-0.15, -0.1) is 0 Å². The molecule has 1 nitrogen and oxygen atoms in total. The van der Waals surface area contributed by atoms with Crippen molar-refractivity contribution in [3.63, 3.8) is 0 Å². The number of hydrogen-bond donors (Lipinski definition) is 1. The van der Waals surface area contributed by atoms with E-state index in [0.29, 0.717) is 6.04 Å². The predicted molar refractivity (Wildman–Crippen MR) is 56.4 cm³/mol. The van der Waals surface area contributed by atoms with Gasteiger partial charge in [0.1, 0.15) is 0 Å². The molecular weight excluding hydrogens is 158 g/mol. The maximum absolute atomic E-state index is 6.19. The van der Waals surface area contributed by atoms with Crippen LogP contribution in [0.1, 0.15) is 44.9 Å². The fourth-order valence-corrected chi connectivity index (χ4v) is 2.98. The minimum atomic E-state index is 0.505. The second-order valence-corrected chi connectivity index (χ2v) is 4.66. The van der Waals surface area contributed by atoms with E-state index in [0.717, 1.165) is 11.8 Å². The van der Waals surface area contributed by atoms with Gasteiger partial charge in [0, 0.05) is 6.04 Å². The molecule has 0 aromatic carbocycles. The van der Waals surface area contributed by atoms with E-state index in [1.807, 2.05) is 0 Å². The maximum Gasteiger partial charge on any atom is 0.00699 e. The fraction of sp³-hybridized carbons (Fsp3) is 0.833. The summed E-state index contributed by atoms with van der Waals surface area (Å²) in [6.07, 6.45) is 14.1. The minimum absolute atomic E-state index is 0.505. The highest BCUT2D eigenvalue weighted by Crippen LogP contribution is 2.35. The van der Waals surface area contributed by atoms with Gasteiger partial charge in [0.15, 0.2) is 0 Å². The quantitative estimate of drug-likeness (QED) is 0.615. The van der Waals surface area contributed by atoms with Gasteiger partial charge < -0.3 is 5.73 Å². The molecule has 2 N–H and O–H groups in total. The second-order valence-electron chi connectivity index (χ2n) is 4.66. The first-order valence-electron chi connectivity index (χ1n) is 5.78. The Balaban J connectivity index is 1.93. The molecule has 2 aliphatic rings. The van der Waals surface area contributed by atoms with Crippen LogP contribution in [0.5, 0.6) is 0 Å². The highest BCUT2D eigenvalue weighted by atomic mass is 14.7. The molecule has 0 spiro atoms. The van der Waals surface area contributed by atoms with Crippen LogP contribution in [-0.4, -0.2) is 6.04 Å². The van der Waals surface area contributed by atoms with Gasteiger partial charge in [-0.2, -0.15) is 0 Å². The zero-order chi connectivity index (χ0) is 9.10. The lowest BCUT2D eigenvalue weighted by Gasteiger charge is -2.35. The van der Waals surface area contributed by atoms with Gasteiger partial charge in [-0.1, -0.05) is 25.0 Å². The third-order valence-electron chi connectivity index (χ3n) is 3.79. The van der Waals surface area contributed by atoms with Crippen LogP contribution in [0.3, 0.4) is 0 Å². The van der Waals surface area contributed by atoms with Crippen LogP contribution in [0.25, 0.3) is 0 Å². The van der Waals surface area contributed by atoms with Crippen LogP contribution in [0, 0.1) is 11.8 Å². The highest BCUT2D eigenvalue weighted by Gasteiger charge is 2.28. The Bertz CT molecular complexity index is 186. The van der Waals surface area contributed by atoms with Gasteiger partial charge in [-0.3, -0.25) is 0 Å². The van der Waals surface area contributed by atoms with Gasteiger partial charge in [-0.25, -0.2) is 0 Å². The first-order valence-corrected chi connectivity index (χ1v) is 5.78. The van der Waals surface area contributed by atoms with Crippen LogP contribution in [0.2, 0.25) is 0 Å². The molecule has 74 valence electrons.